The first kappa shape index (κ1) is 14.2. The Kier molecular flexibility index (Phi) is 4.26. The summed E-state index contributed by atoms with van der Waals surface area (Å²) >= 11 is 1.44. The van der Waals surface area contributed by atoms with Crippen molar-refractivity contribution < 1.29 is 14.1 Å². The third-order valence-electron chi connectivity index (χ3n) is 3.32. The largest absolute Gasteiger partial charge is 0.381 e. The smallest absolute Gasteiger partial charge is 0.271 e. The average Bonchev–Trinajstić information content (AvgIpc) is 3.15. The molecule has 7 nitrogen and oxygen atoms in total. The first-order valence-electron chi connectivity index (χ1n) is 6.83. The molecule has 0 aromatic carbocycles. The lowest BCUT2D eigenvalue weighted by Gasteiger charge is -2.18. The predicted octanol–water partition coefficient (Wildman–Crippen LogP) is 1.66. The van der Waals surface area contributed by atoms with E-state index in [0.29, 0.717) is 17.4 Å². The Bertz CT molecular complexity index is 618. The third-order valence-corrected chi connectivity index (χ3v) is 4.10. The molecule has 0 unspecified atom stereocenters. The van der Waals surface area contributed by atoms with Gasteiger partial charge in [-0.3, -0.25) is 4.79 Å². The number of hydrogen-bond acceptors (Lipinski definition) is 7. The molecule has 2 aromatic heterocycles. The Hall–Kier alpha value is -1.80. The zero-order chi connectivity index (χ0) is 14.7. The van der Waals surface area contributed by atoms with Gasteiger partial charge < -0.3 is 14.6 Å². The van der Waals surface area contributed by atoms with Gasteiger partial charge in [0.2, 0.25) is 5.89 Å². The maximum atomic E-state index is 11.9. The molecule has 1 saturated heterocycles. The standard InChI is InChI=1S/C13H16N4O3S/c1-8-15-10(7-21-8)13(18)14-6-11-16-12(17-20-11)9-2-4-19-5-3-9/h7,9H,2-6H2,1H3,(H,14,18). The van der Waals surface area contributed by atoms with E-state index in [1.807, 2.05) is 6.92 Å². The van der Waals surface area contributed by atoms with E-state index in [2.05, 4.69) is 20.4 Å². The van der Waals surface area contributed by atoms with Crippen LogP contribution in [0.4, 0.5) is 0 Å². The number of aromatic nitrogens is 3. The van der Waals surface area contributed by atoms with Crippen LogP contribution >= 0.6 is 11.3 Å². The highest BCUT2D eigenvalue weighted by atomic mass is 32.1. The van der Waals surface area contributed by atoms with Gasteiger partial charge in [0.05, 0.1) is 11.6 Å². The Morgan fingerprint density at radius 1 is 1.43 bits per heavy atom. The van der Waals surface area contributed by atoms with Gasteiger partial charge >= 0.3 is 0 Å². The van der Waals surface area contributed by atoms with Crippen LogP contribution in [0.15, 0.2) is 9.90 Å². The van der Waals surface area contributed by atoms with Gasteiger partial charge in [-0.1, -0.05) is 5.16 Å². The predicted molar refractivity (Wildman–Crippen MR) is 75.1 cm³/mol. The van der Waals surface area contributed by atoms with Gasteiger partial charge in [0.25, 0.3) is 5.91 Å². The van der Waals surface area contributed by atoms with E-state index in [0.717, 1.165) is 31.1 Å². The van der Waals surface area contributed by atoms with Crippen molar-refractivity contribution in [3.05, 3.63) is 27.8 Å². The monoisotopic (exact) mass is 308 g/mol. The number of nitrogens with zero attached hydrogens (tertiary/aromatic N) is 3. The molecule has 0 spiro atoms. The quantitative estimate of drug-likeness (QED) is 0.923. The van der Waals surface area contributed by atoms with Crippen molar-refractivity contribution >= 4 is 17.2 Å². The number of aryl methyl sites for hydroxylation is 1. The normalized spacial score (nSPS) is 16.0. The second kappa shape index (κ2) is 6.31. The van der Waals surface area contributed by atoms with Crippen molar-refractivity contribution in [3.8, 4) is 0 Å². The number of ether oxygens (including phenoxy) is 1. The number of rotatable bonds is 4. The van der Waals surface area contributed by atoms with E-state index >= 15 is 0 Å². The lowest BCUT2D eigenvalue weighted by Crippen LogP contribution is -2.23. The maximum absolute atomic E-state index is 11.9. The van der Waals surface area contributed by atoms with E-state index in [9.17, 15) is 4.79 Å². The molecule has 1 N–H and O–H groups in total. The third kappa shape index (κ3) is 3.45. The van der Waals surface area contributed by atoms with Crippen LogP contribution in [0.3, 0.4) is 0 Å². The molecule has 21 heavy (non-hydrogen) atoms. The van der Waals surface area contributed by atoms with Crippen LogP contribution in [0.5, 0.6) is 0 Å². The van der Waals surface area contributed by atoms with Gasteiger partial charge in [-0.2, -0.15) is 4.98 Å². The highest BCUT2D eigenvalue weighted by Crippen LogP contribution is 2.24. The molecule has 112 valence electrons. The van der Waals surface area contributed by atoms with Gasteiger partial charge in [0.1, 0.15) is 5.69 Å². The number of thiazole rings is 1. The van der Waals surface area contributed by atoms with Crippen LogP contribution in [-0.4, -0.2) is 34.2 Å². The minimum atomic E-state index is -0.231. The SMILES string of the molecule is Cc1nc(C(=O)NCc2nc(C3CCOCC3)no2)cs1. The van der Waals surface area contributed by atoms with Crippen LogP contribution in [0.25, 0.3) is 0 Å². The lowest BCUT2D eigenvalue weighted by molar-refractivity contribution is 0.0830. The summed E-state index contributed by atoms with van der Waals surface area (Å²) in [4.78, 5) is 20.3. The lowest BCUT2D eigenvalue weighted by atomic mass is 10.00. The average molecular weight is 308 g/mol. The van der Waals surface area contributed by atoms with Gasteiger partial charge in [-0.15, -0.1) is 11.3 Å². The highest BCUT2D eigenvalue weighted by molar-refractivity contribution is 7.09. The summed E-state index contributed by atoms with van der Waals surface area (Å²) in [7, 11) is 0. The fraction of sp³-hybridized carbons (Fsp3) is 0.538. The molecule has 3 heterocycles. The Morgan fingerprint density at radius 2 is 2.24 bits per heavy atom. The van der Waals surface area contributed by atoms with Crippen molar-refractivity contribution in [1.82, 2.24) is 20.4 Å². The summed E-state index contributed by atoms with van der Waals surface area (Å²) in [5, 5.41) is 9.31. The molecule has 1 aliphatic heterocycles. The number of nitrogens with one attached hydrogen (secondary N) is 1. The Balaban J connectivity index is 1.56. The first-order chi connectivity index (χ1) is 10.2. The van der Waals surface area contributed by atoms with Gasteiger partial charge in [-0.05, 0) is 19.8 Å². The number of hydrogen-bond donors (Lipinski definition) is 1. The summed E-state index contributed by atoms with van der Waals surface area (Å²) in [6, 6.07) is 0. The van der Waals surface area contributed by atoms with Crippen LogP contribution in [0.2, 0.25) is 0 Å². The maximum Gasteiger partial charge on any atom is 0.271 e. The molecule has 3 rings (SSSR count). The van der Waals surface area contributed by atoms with Gasteiger partial charge in [0, 0.05) is 24.5 Å². The van der Waals surface area contributed by atoms with E-state index in [4.69, 9.17) is 9.26 Å². The van der Waals surface area contributed by atoms with E-state index in [-0.39, 0.29) is 18.4 Å². The molecule has 0 bridgehead atoms. The minimum absolute atomic E-state index is 0.214. The summed E-state index contributed by atoms with van der Waals surface area (Å²) in [5.41, 5.74) is 0.418. The van der Waals surface area contributed by atoms with E-state index in [1.54, 1.807) is 5.38 Å². The Labute approximate surface area is 125 Å². The van der Waals surface area contributed by atoms with Gasteiger partial charge in [-0.25, -0.2) is 4.98 Å². The fourth-order valence-electron chi connectivity index (χ4n) is 2.18. The summed E-state index contributed by atoms with van der Waals surface area (Å²) in [5.74, 6) is 1.17. The van der Waals surface area contributed by atoms with Crippen LogP contribution < -0.4 is 5.32 Å². The summed E-state index contributed by atoms with van der Waals surface area (Å²) < 4.78 is 10.5. The highest BCUT2D eigenvalue weighted by Gasteiger charge is 2.21. The summed E-state index contributed by atoms with van der Waals surface area (Å²) in [6.07, 6.45) is 1.81. The zero-order valence-electron chi connectivity index (χ0n) is 11.7. The number of carbonyl (C=O) groups excluding carboxylic acids is 1. The molecule has 0 atom stereocenters. The van der Waals surface area contributed by atoms with Crippen molar-refractivity contribution in [2.45, 2.75) is 32.2 Å². The van der Waals surface area contributed by atoms with Crippen LogP contribution in [0, 0.1) is 6.92 Å². The van der Waals surface area contributed by atoms with E-state index in [1.165, 1.54) is 11.3 Å². The van der Waals surface area contributed by atoms with Crippen molar-refractivity contribution in [1.29, 1.82) is 0 Å². The minimum Gasteiger partial charge on any atom is -0.381 e. The zero-order valence-corrected chi connectivity index (χ0v) is 12.5. The van der Waals surface area contributed by atoms with Crippen molar-refractivity contribution in [2.75, 3.05) is 13.2 Å². The Morgan fingerprint density at radius 3 is 2.95 bits per heavy atom. The molecule has 1 aliphatic rings. The molecular formula is C13H16N4O3S. The van der Waals surface area contributed by atoms with Gasteiger partial charge in [0.15, 0.2) is 5.82 Å². The number of amides is 1. The molecule has 2 aromatic rings. The van der Waals surface area contributed by atoms with E-state index < -0.39 is 0 Å². The molecule has 0 radical (unpaired) electrons. The molecule has 1 fully saturated rings. The summed E-state index contributed by atoms with van der Waals surface area (Å²) in [6.45, 7) is 3.54. The van der Waals surface area contributed by atoms with Crippen molar-refractivity contribution in [2.24, 2.45) is 0 Å². The first-order valence-corrected chi connectivity index (χ1v) is 7.71. The van der Waals surface area contributed by atoms with Crippen LogP contribution in [-0.2, 0) is 11.3 Å². The molecular weight excluding hydrogens is 292 g/mol. The topological polar surface area (TPSA) is 90.1 Å². The number of carbonyl (C=O) groups is 1. The molecule has 0 aliphatic carbocycles. The van der Waals surface area contributed by atoms with Crippen molar-refractivity contribution in [3.63, 3.8) is 0 Å². The van der Waals surface area contributed by atoms with Crippen LogP contribution in [0.1, 0.15) is 46.0 Å². The molecule has 8 heteroatoms. The fourth-order valence-corrected chi connectivity index (χ4v) is 2.77. The molecule has 1 amide bonds. The second-order valence-electron chi connectivity index (χ2n) is 4.87. The second-order valence-corrected chi connectivity index (χ2v) is 5.93. The molecule has 0 saturated carbocycles.